The van der Waals surface area contributed by atoms with Gasteiger partial charge in [0.2, 0.25) is 11.8 Å². The minimum absolute atomic E-state index is 0.130. The molecule has 26 heavy (non-hydrogen) atoms. The Labute approximate surface area is 160 Å². The van der Waals surface area contributed by atoms with E-state index < -0.39 is 18.2 Å². The first-order valence-corrected chi connectivity index (χ1v) is 9.93. The zero-order chi connectivity index (χ0) is 20.2. The van der Waals surface area contributed by atoms with Gasteiger partial charge in [0.1, 0.15) is 6.04 Å². The van der Waals surface area contributed by atoms with E-state index in [0.29, 0.717) is 18.4 Å². The average molecular weight is 388 g/mol. The maximum Gasteiger partial charge on any atom is 0.242 e. The standard InChI is InChI=1S/C18H37N4O3P/c1-10-8-15(22(26)14(5)11(10)2)18(25)20-13(4)17(24)19-12(3)16(23)9-21(6)7/h10-16,23H,8-9,26H2,1-7H3,(H,19,24)(H,20,25). The summed E-state index contributed by atoms with van der Waals surface area (Å²) in [6, 6.07) is -1.02. The molecule has 1 rings (SSSR count). The van der Waals surface area contributed by atoms with Crippen molar-refractivity contribution in [3.8, 4) is 0 Å². The molecule has 0 aromatic heterocycles. The van der Waals surface area contributed by atoms with E-state index in [1.54, 1.807) is 13.8 Å². The summed E-state index contributed by atoms with van der Waals surface area (Å²) in [6.07, 6.45) is 0.105. The molecule has 1 heterocycles. The lowest BCUT2D eigenvalue weighted by atomic mass is 9.80. The van der Waals surface area contributed by atoms with Crippen molar-refractivity contribution in [1.82, 2.24) is 20.2 Å². The largest absolute Gasteiger partial charge is 0.390 e. The van der Waals surface area contributed by atoms with Crippen molar-refractivity contribution in [2.75, 3.05) is 20.6 Å². The molecular weight excluding hydrogens is 351 g/mol. The third-order valence-corrected chi connectivity index (χ3v) is 6.47. The normalized spacial score (nSPS) is 30.5. The second-order valence-electron chi connectivity index (χ2n) is 8.13. The zero-order valence-corrected chi connectivity index (χ0v) is 18.3. The fraction of sp³-hybridized carbons (Fsp3) is 0.889. The summed E-state index contributed by atoms with van der Waals surface area (Å²) in [6.45, 7) is 10.4. The highest BCUT2D eigenvalue weighted by atomic mass is 31.0. The highest BCUT2D eigenvalue weighted by Crippen LogP contribution is 2.34. The van der Waals surface area contributed by atoms with Crippen LogP contribution in [0.1, 0.15) is 41.0 Å². The van der Waals surface area contributed by atoms with Crippen LogP contribution in [-0.2, 0) is 9.59 Å². The topological polar surface area (TPSA) is 84.9 Å². The summed E-state index contributed by atoms with van der Waals surface area (Å²) in [4.78, 5) is 26.9. The first kappa shape index (κ1) is 23.3. The Morgan fingerprint density at radius 2 is 1.81 bits per heavy atom. The van der Waals surface area contributed by atoms with Crippen LogP contribution in [0.4, 0.5) is 0 Å². The van der Waals surface area contributed by atoms with E-state index in [1.165, 1.54) is 0 Å². The number of carbonyl (C=O) groups is 2. The molecule has 7 nitrogen and oxygen atoms in total. The molecule has 8 atom stereocenters. The van der Waals surface area contributed by atoms with Gasteiger partial charge in [0, 0.05) is 12.6 Å². The number of aliphatic hydroxyl groups is 1. The van der Waals surface area contributed by atoms with E-state index >= 15 is 0 Å². The fourth-order valence-corrected chi connectivity index (χ4v) is 3.84. The van der Waals surface area contributed by atoms with E-state index in [-0.39, 0.29) is 23.9 Å². The Balaban J connectivity index is 2.59. The third-order valence-electron chi connectivity index (χ3n) is 5.64. The fourth-order valence-electron chi connectivity index (χ4n) is 3.31. The van der Waals surface area contributed by atoms with Crippen LogP contribution in [0.5, 0.6) is 0 Å². The van der Waals surface area contributed by atoms with Crippen LogP contribution in [0.2, 0.25) is 0 Å². The van der Waals surface area contributed by atoms with E-state index in [4.69, 9.17) is 0 Å². The molecular formula is C18H37N4O3P. The summed E-state index contributed by atoms with van der Waals surface area (Å²) < 4.78 is 2.02. The van der Waals surface area contributed by atoms with Crippen LogP contribution in [0, 0.1) is 11.8 Å². The summed E-state index contributed by atoms with van der Waals surface area (Å²) in [5, 5.41) is 15.7. The van der Waals surface area contributed by atoms with Gasteiger partial charge in [-0.25, -0.2) is 0 Å². The van der Waals surface area contributed by atoms with Crippen LogP contribution in [-0.4, -0.2) is 77.4 Å². The highest BCUT2D eigenvalue weighted by molar-refractivity contribution is 7.13. The molecule has 1 aliphatic rings. The Bertz CT molecular complexity index is 491. The first-order chi connectivity index (χ1) is 12.0. The summed E-state index contributed by atoms with van der Waals surface area (Å²) in [5.74, 6) is 0.540. The number of amides is 2. The monoisotopic (exact) mass is 388 g/mol. The van der Waals surface area contributed by atoms with E-state index in [0.717, 1.165) is 6.42 Å². The number of hydrogen-bond donors (Lipinski definition) is 3. The average Bonchev–Trinajstić information content (AvgIpc) is 2.55. The van der Waals surface area contributed by atoms with Crippen molar-refractivity contribution >= 4 is 21.2 Å². The van der Waals surface area contributed by atoms with Crippen molar-refractivity contribution in [3.05, 3.63) is 0 Å². The number of aliphatic hydroxyl groups excluding tert-OH is 1. The van der Waals surface area contributed by atoms with Crippen molar-refractivity contribution < 1.29 is 14.7 Å². The van der Waals surface area contributed by atoms with Gasteiger partial charge in [-0.05, 0) is 53.1 Å². The molecule has 1 saturated heterocycles. The second-order valence-corrected chi connectivity index (χ2v) is 8.73. The number of piperidine rings is 1. The van der Waals surface area contributed by atoms with Crippen molar-refractivity contribution in [2.45, 2.75) is 71.3 Å². The quantitative estimate of drug-likeness (QED) is 0.551. The molecule has 0 radical (unpaired) electrons. The van der Waals surface area contributed by atoms with Crippen LogP contribution < -0.4 is 10.6 Å². The molecule has 3 N–H and O–H groups in total. The van der Waals surface area contributed by atoms with Gasteiger partial charge in [0.15, 0.2) is 0 Å². The lowest BCUT2D eigenvalue weighted by molar-refractivity contribution is -0.133. The van der Waals surface area contributed by atoms with E-state index in [2.05, 4.69) is 40.8 Å². The minimum atomic E-state index is -0.666. The van der Waals surface area contributed by atoms with Crippen LogP contribution in [0.25, 0.3) is 0 Å². The van der Waals surface area contributed by atoms with Crippen LogP contribution in [0.15, 0.2) is 0 Å². The van der Waals surface area contributed by atoms with Crippen molar-refractivity contribution in [1.29, 1.82) is 0 Å². The molecule has 2 amide bonds. The number of nitrogens with zero attached hydrogens (tertiary/aromatic N) is 2. The predicted octanol–water partition coefficient (Wildman–Crippen LogP) is 0.443. The Morgan fingerprint density at radius 3 is 2.35 bits per heavy atom. The first-order valence-electron chi connectivity index (χ1n) is 9.42. The molecule has 0 aromatic rings. The summed E-state index contributed by atoms with van der Waals surface area (Å²) in [7, 11) is 6.39. The van der Waals surface area contributed by atoms with Gasteiger partial charge in [0.25, 0.3) is 0 Å². The molecule has 152 valence electrons. The molecule has 0 spiro atoms. The molecule has 1 fully saturated rings. The van der Waals surface area contributed by atoms with Gasteiger partial charge in [-0.3, -0.25) is 14.3 Å². The molecule has 0 bridgehead atoms. The number of carbonyl (C=O) groups excluding carboxylic acids is 2. The summed E-state index contributed by atoms with van der Waals surface area (Å²) in [5.41, 5.74) is 0. The molecule has 0 saturated carbocycles. The number of likely N-dealkylation sites (N-methyl/N-ethyl adjacent to an activating group) is 1. The Hall–Kier alpha value is -0.750. The van der Waals surface area contributed by atoms with Gasteiger partial charge in [-0.15, -0.1) is 0 Å². The number of nitrogens with one attached hydrogen (secondary N) is 2. The molecule has 0 aliphatic carbocycles. The SMILES string of the molecule is CC(NC(=O)C1CC(C)C(C)C(C)N1P)C(=O)NC(C)C(O)CN(C)C. The molecule has 0 aromatic carbocycles. The second kappa shape index (κ2) is 9.98. The Kier molecular flexibility index (Phi) is 8.94. The maximum atomic E-state index is 12.7. The lowest BCUT2D eigenvalue weighted by Crippen LogP contribution is -2.57. The van der Waals surface area contributed by atoms with Crippen molar-refractivity contribution in [2.24, 2.45) is 11.8 Å². The number of hydrogen-bond acceptors (Lipinski definition) is 5. The number of rotatable bonds is 7. The van der Waals surface area contributed by atoms with Gasteiger partial charge in [-0.2, -0.15) is 0 Å². The minimum Gasteiger partial charge on any atom is -0.390 e. The van der Waals surface area contributed by atoms with Gasteiger partial charge in [0.05, 0.1) is 18.2 Å². The molecule has 8 unspecified atom stereocenters. The molecule has 1 aliphatic heterocycles. The Morgan fingerprint density at radius 1 is 1.23 bits per heavy atom. The lowest BCUT2D eigenvalue weighted by Gasteiger charge is -2.44. The molecule has 8 heteroatoms. The van der Waals surface area contributed by atoms with Crippen LogP contribution >= 0.6 is 9.39 Å². The summed E-state index contributed by atoms with van der Waals surface area (Å²) >= 11 is 0. The maximum absolute atomic E-state index is 12.7. The van der Waals surface area contributed by atoms with Gasteiger partial charge in [-0.1, -0.05) is 23.2 Å². The highest BCUT2D eigenvalue weighted by Gasteiger charge is 2.38. The smallest absolute Gasteiger partial charge is 0.242 e. The predicted molar refractivity (Wildman–Crippen MR) is 108 cm³/mol. The zero-order valence-electron chi connectivity index (χ0n) is 17.2. The third kappa shape index (κ3) is 6.15. The van der Waals surface area contributed by atoms with E-state index in [1.807, 2.05) is 23.7 Å². The van der Waals surface area contributed by atoms with Crippen molar-refractivity contribution in [3.63, 3.8) is 0 Å². The van der Waals surface area contributed by atoms with E-state index in [9.17, 15) is 14.7 Å². The van der Waals surface area contributed by atoms with Gasteiger partial charge < -0.3 is 20.6 Å². The van der Waals surface area contributed by atoms with Gasteiger partial charge >= 0.3 is 0 Å². The van der Waals surface area contributed by atoms with Crippen LogP contribution in [0.3, 0.4) is 0 Å².